The standard InChI is InChI=1S/C22H26N4O4S/c1-4-30-22(27)19-13-25-26(20-11-15(2)5-6-16(20)3)21(19)14-24-12-17-7-9-18(10-8-17)31(23,28)29/h5-11,13,24H,4,12,14H2,1-3H3,(H2,23,28,29). The number of nitrogens with one attached hydrogen (secondary N) is 1. The van der Waals surface area contributed by atoms with Gasteiger partial charge in [0, 0.05) is 13.1 Å². The minimum Gasteiger partial charge on any atom is -0.462 e. The Morgan fingerprint density at radius 1 is 1.13 bits per heavy atom. The van der Waals surface area contributed by atoms with Crippen molar-refractivity contribution in [2.45, 2.75) is 38.8 Å². The van der Waals surface area contributed by atoms with Crippen LogP contribution in [0.2, 0.25) is 0 Å². The lowest BCUT2D eigenvalue weighted by molar-refractivity contribution is 0.0525. The van der Waals surface area contributed by atoms with Crippen LogP contribution in [0, 0.1) is 13.8 Å². The lowest BCUT2D eigenvalue weighted by Gasteiger charge is -2.13. The number of primary sulfonamides is 1. The van der Waals surface area contributed by atoms with Crippen molar-refractivity contribution in [2.75, 3.05) is 6.61 Å². The van der Waals surface area contributed by atoms with Gasteiger partial charge < -0.3 is 10.1 Å². The number of esters is 1. The molecule has 3 rings (SSSR count). The fourth-order valence-electron chi connectivity index (χ4n) is 3.20. The molecule has 1 aromatic heterocycles. The summed E-state index contributed by atoms with van der Waals surface area (Å²) in [5.41, 5.74) is 4.98. The van der Waals surface area contributed by atoms with Crippen molar-refractivity contribution < 1.29 is 17.9 Å². The molecule has 0 aliphatic carbocycles. The van der Waals surface area contributed by atoms with Crippen LogP contribution >= 0.6 is 0 Å². The summed E-state index contributed by atoms with van der Waals surface area (Å²) >= 11 is 0. The molecule has 0 aliphatic heterocycles. The lowest BCUT2D eigenvalue weighted by Crippen LogP contribution is -2.19. The molecular weight excluding hydrogens is 416 g/mol. The van der Waals surface area contributed by atoms with E-state index in [2.05, 4.69) is 10.4 Å². The second-order valence-electron chi connectivity index (χ2n) is 7.22. The zero-order chi connectivity index (χ0) is 22.6. The summed E-state index contributed by atoms with van der Waals surface area (Å²) in [4.78, 5) is 12.5. The van der Waals surface area contributed by atoms with E-state index in [0.29, 0.717) is 24.3 Å². The number of ether oxygens (including phenoxy) is 1. The van der Waals surface area contributed by atoms with E-state index in [9.17, 15) is 13.2 Å². The Kier molecular flexibility index (Phi) is 6.89. The van der Waals surface area contributed by atoms with E-state index in [1.54, 1.807) is 23.7 Å². The Morgan fingerprint density at radius 3 is 2.48 bits per heavy atom. The average molecular weight is 443 g/mol. The van der Waals surface area contributed by atoms with Crippen LogP contribution in [-0.4, -0.2) is 30.8 Å². The molecule has 1 heterocycles. The number of nitrogens with zero attached hydrogens (tertiary/aromatic N) is 2. The summed E-state index contributed by atoms with van der Waals surface area (Å²) in [6.07, 6.45) is 1.53. The lowest BCUT2D eigenvalue weighted by atomic mass is 10.1. The summed E-state index contributed by atoms with van der Waals surface area (Å²) in [5.74, 6) is -0.423. The number of aromatic nitrogens is 2. The first-order valence-corrected chi connectivity index (χ1v) is 11.4. The van der Waals surface area contributed by atoms with Crippen LogP contribution in [0.3, 0.4) is 0 Å². The Hall–Kier alpha value is -3.01. The van der Waals surface area contributed by atoms with Crippen LogP contribution in [0.25, 0.3) is 5.69 Å². The van der Waals surface area contributed by atoms with E-state index >= 15 is 0 Å². The molecule has 0 spiro atoms. The molecule has 3 N–H and O–H groups in total. The summed E-state index contributed by atoms with van der Waals surface area (Å²) in [6.45, 7) is 6.85. The van der Waals surface area contributed by atoms with Crippen molar-refractivity contribution in [3.8, 4) is 5.69 Å². The van der Waals surface area contributed by atoms with Crippen LogP contribution in [0.1, 0.15) is 39.7 Å². The Balaban J connectivity index is 1.85. The van der Waals surface area contributed by atoms with E-state index in [4.69, 9.17) is 9.88 Å². The molecule has 0 aliphatic rings. The van der Waals surface area contributed by atoms with Gasteiger partial charge in [0.1, 0.15) is 5.56 Å². The number of sulfonamides is 1. The molecule has 164 valence electrons. The molecule has 8 nitrogen and oxygen atoms in total. The van der Waals surface area contributed by atoms with Gasteiger partial charge in [0.15, 0.2) is 0 Å². The van der Waals surface area contributed by atoms with Crippen molar-refractivity contribution >= 4 is 16.0 Å². The average Bonchev–Trinajstić information content (AvgIpc) is 3.13. The number of benzene rings is 2. The van der Waals surface area contributed by atoms with Crippen molar-refractivity contribution in [2.24, 2.45) is 5.14 Å². The molecule has 0 saturated carbocycles. The van der Waals surface area contributed by atoms with Gasteiger partial charge >= 0.3 is 5.97 Å². The number of carbonyl (C=O) groups excluding carboxylic acids is 1. The number of carbonyl (C=O) groups is 1. The van der Waals surface area contributed by atoms with Crippen molar-refractivity contribution in [3.63, 3.8) is 0 Å². The minimum absolute atomic E-state index is 0.0637. The van der Waals surface area contributed by atoms with Crippen LogP contribution in [0.15, 0.2) is 53.6 Å². The minimum atomic E-state index is -3.72. The molecular formula is C22H26N4O4S. The molecule has 9 heteroatoms. The second-order valence-corrected chi connectivity index (χ2v) is 8.78. The van der Waals surface area contributed by atoms with Crippen molar-refractivity contribution in [1.82, 2.24) is 15.1 Å². The highest BCUT2D eigenvalue weighted by Gasteiger charge is 2.20. The highest BCUT2D eigenvalue weighted by atomic mass is 32.2. The Labute approximate surface area is 182 Å². The first-order chi connectivity index (χ1) is 14.7. The van der Waals surface area contributed by atoms with E-state index < -0.39 is 16.0 Å². The van der Waals surface area contributed by atoms with Gasteiger partial charge in [0.05, 0.1) is 29.1 Å². The zero-order valence-corrected chi connectivity index (χ0v) is 18.6. The van der Waals surface area contributed by atoms with Crippen LogP contribution in [0.4, 0.5) is 0 Å². The molecule has 0 radical (unpaired) electrons. The molecule has 0 saturated heterocycles. The van der Waals surface area contributed by atoms with Crippen molar-refractivity contribution in [3.05, 3.63) is 76.6 Å². The fourth-order valence-corrected chi connectivity index (χ4v) is 3.72. The summed E-state index contributed by atoms with van der Waals surface area (Å²) < 4.78 is 29.7. The normalized spacial score (nSPS) is 11.5. The number of rotatable bonds is 8. The van der Waals surface area contributed by atoms with Gasteiger partial charge in [-0.05, 0) is 55.7 Å². The number of aryl methyl sites for hydroxylation is 2. The quantitative estimate of drug-likeness (QED) is 0.518. The maximum atomic E-state index is 12.5. The largest absolute Gasteiger partial charge is 0.462 e. The predicted molar refractivity (Wildman–Crippen MR) is 117 cm³/mol. The third-order valence-corrected chi connectivity index (χ3v) is 5.76. The van der Waals surface area contributed by atoms with Gasteiger partial charge in [-0.3, -0.25) is 0 Å². The maximum absolute atomic E-state index is 12.5. The third kappa shape index (κ3) is 5.38. The Morgan fingerprint density at radius 2 is 1.84 bits per heavy atom. The monoisotopic (exact) mass is 442 g/mol. The smallest absolute Gasteiger partial charge is 0.341 e. The predicted octanol–water partition coefficient (Wildman–Crippen LogP) is 2.60. The van der Waals surface area contributed by atoms with E-state index in [1.165, 1.54) is 18.3 Å². The van der Waals surface area contributed by atoms with Gasteiger partial charge in [-0.1, -0.05) is 24.3 Å². The number of nitrogens with two attached hydrogens (primary N) is 1. The first-order valence-electron chi connectivity index (χ1n) is 9.84. The highest BCUT2D eigenvalue weighted by molar-refractivity contribution is 7.89. The second kappa shape index (κ2) is 9.42. The molecule has 31 heavy (non-hydrogen) atoms. The Bertz CT molecular complexity index is 1180. The molecule has 0 unspecified atom stereocenters. The summed E-state index contributed by atoms with van der Waals surface area (Å²) in [5, 5.41) is 12.9. The number of hydrogen-bond acceptors (Lipinski definition) is 6. The molecule has 3 aromatic rings. The van der Waals surface area contributed by atoms with Crippen LogP contribution in [-0.2, 0) is 27.8 Å². The maximum Gasteiger partial charge on any atom is 0.341 e. The van der Waals surface area contributed by atoms with Crippen LogP contribution < -0.4 is 10.5 Å². The molecule has 0 bridgehead atoms. The molecule has 0 atom stereocenters. The van der Waals surface area contributed by atoms with E-state index in [-0.39, 0.29) is 11.5 Å². The van der Waals surface area contributed by atoms with Gasteiger partial charge in [-0.2, -0.15) is 5.10 Å². The topological polar surface area (TPSA) is 116 Å². The fraction of sp³-hybridized carbons (Fsp3) is 0.273. The zero-order valence-electron chi connectivity index (χ0n) is 17.8. The molecule has 2 aromatic carbocycles. The van der Waals surface area contributed by atoms with Gasteiger partial charge in [0.25, 0.3) is 0 Å². The first kappa shape index (κ1) is 22.7. The van der Waals surface area contributed by atoms with Gasteiger partial charge in [0.2, 0.25) is 10.0 Å². The molecule has 0 amide bonds. The third-order valence-electron chi connectivity index (χ3n) is 4.83. The van der Waals surface area contributed by atoms with Gasteiger partial charge in [-0.25, -0.2) is 23.0 Å². The van der Waals surface area contributed by atoms with E-state index in [1.807, 2.05) is 32.0 Å². The molecule has 0 fully saturated rings. The van der Waals surface area contributed by atoms with Crippen LogP contribution in [0.5, 0.6) is 0 Å². The summed E-state index contributed by atoms with van der Waals surface area (Å²) in [7, 11) is -3.72. The summed E-state index contributed by atoms with van der Waals surface area (Å²) in [6, 6.07) is 12.4. The van der Waals surface area contributed by atoms with Crippen molar-refractivity contribution in [1.29, 1.82) is 0 Å². The SMILES string of the molecule is CCOC(=O)c1cnn(-c2cc(C)ccc2C)c1CNCc1ccc(S(N)(=O)=O)cc1. The highest BCUT2D eigenvalue weighted by Crippen LogP contribution is 2.21. The van der Waals surface area contributed by atoms with Gasteiger partial charge in [-0.15, -0.1) is 0 Å². The van der Waals surface area contributed by atoms with E-state index in [0.717, 1.165) is 22.4 Å². The number of hydrogen-bond donors (Lipinski definition) is 2.